The molecule has 106 valence electrons. The summed E-state index contributed by atoms with van der Waals surface area (Å²) in [5, 5.41) is 3.45. The Kier molecular flexibility index (Phi) is 4.98. The lowest BCUT2D eigenvalue weighted by molar-refractivity contribution is 0.172. The zero-order chi connectivity index (χ0) is 13.8. The Morgan fingerprint density at radius 2 is 2.11 bits per heavy atom. The molecule has 0 amide bonds. The molecule has 3 unspecified atom stereocenters. The van der Waals surface area contributed by atoms with Crippen molar-refractivity contribution in [2.75, 3.05) is 7.05 Å². The van der Waals surface area contributed by atoms with E-state index in [2.05, 4.69) is 32.3 Å². The maximum absolute atomic E-state index is 13.3. The highest BCUT2D eigenvalue weighted by atomic mass is 19.1. The standard InChI is InChI=1S/C17H26FN/c1-12(2)14-7-8-17(19-3)15(11-14)9-13-5-4-6-16(18)10-13/h4-6,10,12,14-15,17,19H,7-9,11H2,1-3H3. The number of rotatable bonds is 4. The molecule has 1 nitrogen and oxygen atoms in total. The molecule has 2 heteroatoms. The van der Waals surface area contributed by atoms with Crippen molar-refractivity contribution in [1.29, 1.82) is 0 Å². The quantitative estimate of drug-likeness (QED) is 0.865. The van der Waals surface area contributed by atoms with Gasteiger partial charge in [0, 0.05) is 6.04 Å². The lowest BCUT2D eigenvalue weighted by Gasteiger charge is -2.38. The highest BCUT2D eigenvalue weighted by Crippen LogP contribution is 2.35. The molecule has 0 aliphatic heterocycles. The first kappa shape index (κ1) is 14.5. The van der Waals surface area contributed by atoms with Crippen LogP contribution in [0.25, 0.3) is 0 Å². The smallest absolute Gasteiger partial charge is 0.123 e. The molecule has 3 atom stereocenters. The topological polar surface area (TPSA) is 12.0 Å². The molecule has 1 aromatic rings. The van der Waals surface area contributed by atoms with E-state index in [-0.39, 0.29) is 5.82 Å². The van der Waals surface area contributed by atoms with Gasteiger partial charge in [-0.25, -0.2) is 4.39 Å². The predicted octanol–water partition coefficient (Wildman–Crippen LogP) is 4.03. The van der Waals surface area contributed by atoms with E-state index < -0.39 is 0 Å². The minimum atomic E-state index is -0.116. The van der Waals surface area contributed by atoms with Crippen LogP contribution in [0, 0.1) is 23.6 Å². The van der Waals surface area contributed by atoms with E-state index >= 15 is 0 Å². The second-order valence-corrected chi connectivity index (χ2v) is 6.31. The van der Waals surface area contributed by atoms with Crippen LogP contribution < -0.4 is 5.32 Å². The molecule has 1 fully saturated rings. The van der Waals surface area contributed by atoms with Gasteiger partial charge in [-0.2, -0.15) is 0 Å². The summed E-state index contributed by atoms with van der Waals surface area (Å²) >= 11 is 0. The van der Waals surface area contributed by atoms with Crippen LogP contribution in [-0.2, 0) is 6.42 Å². The first-order chi connectivity index (χ1) is 9.10. The fourth-order valence-corrected chi connectivity index (χ4v) is 3.48. The number of hydrogen-bond acceptors (Lipinski definition) is 1. The van der Waals surface area contributed by atoms with Crippen molar-refractivity contribution < 1.29 is 4.39 Å². The maximum Gasteiger partial charge on any atom is 0.123 e. The molecular weight excluding hydrogens is 237 g/mol. The van der Waals surface area contributed by atoms with E-state index in [1.807, 2.05) is 6.07 Å². The number of hydrogen-bond donors (Lipinski definition) is 1. The molecule has 0 heterocycles. The summed E-state index contributed by atoms with van der Waals surface area (Å²) in [5.74, 6) is 2.10. The van der Waals surface area contributed by atoms with Crippen molar-refractivity contribution in [1.82, 2.24) is 5.32 Å². The second kappa shape index (κ2) is 6.51. The van der Waals surface area contributed by atoms with Gasteiger partial charge in [-0.15, -0.1) is 0 Å². The van der Waals surface area contributed by atoms with Crippen molar-refractivity contribution in [3.8, 4) is 0 Å². The van der Waals surface area contributed by atoms with Crippen molar-refractivity contribution >= 4 is 0 Å². The third-order valence-electron chi connectivity index (χ3n) is 4.72. The minimum absolute atomic E-state index is 0.116. The first-order valence-electron chi connectivity index (χ1n) is 7.52. The van der Waals surface area contributed by atoms with Gasteiger partial charge in [0.1, 0.15) is 5.82 Å². The van der Waals surface area contributed by atoms with Gasteiger partial charge in [-0.1, -0.05) is 26.0 Å². The average molecular weight is 263 g/mol. The van der Waals surface area contributed by atoms with Gasteiger partial charge in [0.2, 0.25) is 0 Å². The average Bonchev–Trinajstić information content (AvgIpc) is 2.38. The predicted molar refractivity (Wildman–Crippen MR) is 78.6 cm³/mol. The molecule has 1 aromatic carbocycles. The van der Waals surface area contributed by atoms with E-state index in [4.69, 9.17) is 0 Å². The van der Waals surface area contributed by atoms with Crippen molar-refractivity contribution in [3.05, 3.63) is 35.6 Å². The third-order valence-corrected chi connectivity index (χ3v) is 4.72. The summed E-state index contributed by atoms with van der Waals surface area (Å²) in [6.45, 7) is 4.65. The molecule has 0 spiro atoms. The molecule has 1 aliphatic carbocycles. The summed E-state index contributed by atoms with van der Waals surface area (Å²) in [5.41, 5.74) is 1.13. The molecule has 0 radical (unpaired) electrons. The van der Waals surface area contributed by atoms with E-state index in [0.717, 1.165) is 23.8 Å². The normalized spacial score (nSPS) is 27.7. The van der Waals surface area contributed by atoms with E-state index in [1.165, 1.54) is 25.3 Å². The van der Waals surface area contributed by atoms with Crippen LogP contribution in [0.3, 0.4) is 0 Å². The van der Waals surface area contributed by atoms with Gasteiger partial charge in [-0.05, 0) is 68.2 Å². The Morgan fingerprint density at radius 1 is 1.32 bits per heavy atom. The summed E-state index contributed by atoms with van der Waals surface area (Å²) in [4.78, 5) is 0. The molecule has 2 rings (SSSR count). The molecule has 1 saturated carbocycles. The molecule has 1 aliphatic rings. The lowest BCUT2D eigenvalue weighted by Crippen LogP contribution is -2.40. The number of nitrogens with one attached hydrogen (secondary N) is 1. The van der Waals surface area contributed by atoms with E-state index in [1.54, 1.807) is 6.07 Å². The Hall–Kier alpha value is -0.890. The first-order valence-corrected chi connectivity index (χ1v) is 7.52. The largest absolute Gasteiger partial charge is 0.317 e. The lowest BCUT2D eigenvalue weighted by atomic mass is 9.72. The van der Waals surface area contributed by atoms with Crippen LogP contribution in [0.4, 0.5) is 4.39 Å². The molecule has 0 aromatic heterocycles. The highest BCUT2D eigenvalue weighted by Gasteiger charge is 2.30. The van der Waals surface area contributed by atoms with E-state index in [9.17, 15) is 4.39 Å². The van der Waals surface area contributed by atoms with Crippen LogP contribution in [0.2, 0.25) is 0 Å². The Morgan fingerprint density at radius 3 is 2.74 bits per heavy atom. The van der Waals surface area contributed by atoms with Crippen LogP contribution in [0.5, 0.6) is 0 Å². The van der Waals surface area contributed by atoms with Gasteiger partial charge < -0.3 is 5.32 Å². The summed E-state index contributed by atoms with van der Waals surface area (Å²) in [7, 11) is 2.05. The van der Waals surface area contributed by atoms with E-state index in [0.29, 0.717) is 12.0 Å². The molecular formula is C17H26FN. The van der Waals surface area contributed by atoms with Gasteiger partial charge in [0.25, 0.3) is 0 Å². The Balaban J connectivity index is 2.06. The monoisotopic (exact) mass is 263 g/mol. The summed E-state index contributed by atoms with van der Waals surface area (Å²) in [6, 6.07) is 7.66. The molecule has 0 saturated heterocycles. The van der Waals surface area contributed by atoms with Gasteiger partial charge in [0.15, 0.2) is 0 Å². The van der Waals surface area contributed by atoms with Crippen molar-refractivity contribution in [2.45, 2.75) is 45.6 Å². The zero-order valence-corrected chi connectivity index (χ0v) is 12.3. The third kappa shape index (κ3) is 3.79. The SMILES string of the molecule is CNC1CCC(C(C)C)CC1Cc1cccc(F)c1. The van der Waals surface area contributed by atoms with Crippen LogP contribution >= 0.6 is 0 Å². The zero-order valence-electron chi connectivity index (χ0n) is 12.3. The maximum atomic E-state index is 13.3. The molecule has 0 bridgehead atoms. The van der Waals surface area contributed by atoms with Gasteiger partial charge >= 0.3 is 0 Å². The van der Waals surface area contributed by atoms with Crippen LogP contribution in [-0.4, -0.2) is 13.1 Å². The highest BCUT2D eigenvalue weighted by molar-refractivity contribution is 5.17. The fraction of sp³-hybridized carbons (Fsp3) is 0.647. The van der Waals surface area contributed by atoms with Crippen molar-refractivity contribution in [2.24, 2.45) is 17.8 Å². The molecule has 1 N–H and O–H groups in total. The number of benzene rings is 1. The summed E-state index contributed by atoms with van der Waals surface area (Å²) in [6.07, 6.45) is 4.83. The number of halogens is 1. The van der Waals surface area contributed by atoms with Crippen LogP contribution in [0.1, 0.15) is 38.7 Å². The van der Waals surface area contributed by atoms with Crippen molar-refractivity contribution in [3.63, 3.8) is 0 Å². The summed E-state index contributed by atoms with van der Waals surface area (Å²) < 4.78 is 13.3. The van der Waals surface area contributed by atoms with Gasteiger partial charge in [-0.3, -0.25) is 0 Å². The second-order valence-electron chi connectivity index (χ2n) is 6.31. The fourth-order valence-electron chi connectivity index (χ4n) is 3.48. The molecule has 19 heavy (non-hydrogen) atoms. The Labute approximate surface area is 116 Å². The van der Waals surface area contributed by atoms with Crippen LogP contribution in [0.15, 0.2) is 24.3 Å². The van der Waals surface area contributed by atoms with Gasteiger partial charge in [0.05, 0.1) is 0 Å². The Bertz CT molecular complexity index is 402. The minimum Gasteiger partial charge on any atom is -0.317 e.